The fourth-order valence-corrected chi connectivity index (χ4v) is 0.673. The molecule has 0 aliphatic carbocycles. The summed E-state index contributed by atoms with van der Waals surface area (Å²) in [5, 5.41) is 0. The highest BCUT2D eigenvalue weighted by Crippen LogP contribution is 1.97. The molecule has 0 aliphatic rings. The number of carbonyl (C=O) groups is 1. The van der Waals surface area contributed by atoms with Gasteiger partial charge in [0.1, 0.15) is 5.52 Å². The number of ether oxygens (including phenoxy) is 1. The predicted molar refractivity (Wildman–Crippen MR) is 57.2 cm³/mol. The Bertz CT molecular complexity index is 232. The molecule has 0 heterocycles. The Labute approximate surface area is 87.0 Å². The Morgan fingerprint density at radius 1 is 1.38 bits per heavy atom. The van der Waals surface area contributed by atoms with Gasteiger partial charge in [0.2, 0.25) is 0 Å². The van der Waals surface area contributed by atoms with Gasteiger partial charge in [0.25, 0.3) is 0 Å². The van der Waals surface area contributed by atoms with Crippen LogP contribution in [-0.2, 0) is 4.74 Å². The van der Waals surface area contributed by atoms with Gasteiger partial charge in [-0.1, -0.05) is 46.3 Å². The summed E-state index contributed by atoms with van der Waals surface area (Å²) in [6, 6.07) is 9.23. The molecule has 1 aromatic carbocycles. The molecule has 0 aromatic heterocycles. The third kappa shape index (κ3) is 6.49. The maximum absolute atomic E-state index is 10.6. The standard InChI is InChI=1S/C8H8O.C2H5BrO/c1-7(9)8-5-3-2-4-6-8;1-4-2-3/h2-6H,1H3;2H2,1H3. The number of ketones is 1. The molecule has 0 spiro atoms. The van der Waals surface area contributed by atoms with Gasteiger partial charge in [-0.3, -0.25) is 4.79 Å². The fourth-order valence-electron chi connectivity index (χ4n) is 0.673. The van der Waals surface area contributed by atoms with Gasteiger partial charge in [0, 0.05) is 12.7 Å². The first-order chi connectivity index (χ1) is 6.22. The number of hydrogen-bond acceptors (Lipinski definition) is 2. The van der Waals surface area contributed by atoms with Crippen molar-refractivity contribution in [3.8, 4) is 0 Å². The average molecular weight is 245 g/mol. The number of halogens is 1. The van der Waals surface area contributed by atoms with Crippen molar-refractivity contribution in [1.82, 2.24) is 0 Å². The molecule has 0 bridgehead atoms. The van der Waals surface area contributed by atoms with Crippen LogP contribution >= 0.6 is 15.9 Å². The SMILES string of the molecule is CC(=O)c1ccccc1.COCBr. The van der Waals surface area contributed by atoms with E-state index in [4.69, 9.17) is 0 Å². The summed E-state index contributed by atoms with van der Waals surface area (Å²) >= 11 is 3.03. The van der Waals surface area contributed by atoms with E-state index >= 15 is 0 Å². The van der Waals surface area contributed by atoms with Crippen molar-refractivity contribution in [2.24, 2.45) is 0 Å². The quantitative estimate of drug-likeness (QED) is 0.591. The van der Waals surface area contributed by atoms with Crippen LogP contribution < -0.4 is 0 Å². The zero-order valence-corrected chi connectivity index (χ0v) is 9.37. The second-order valence-electron chi connectivity index (χ2n) is 2.32. The van der Waals surface area contributed by atoms with Gasteiger partial charge in [0.05, 0.1) is 0 Å². The van der Waals surface area contributed by atoms with Gasteiger partial charge in [-0.05, 0) is 6.92 Å². The maximum Gasteiger partial charge on any atom is 0.159 e. The van der Waals surface area contributed by atoms with Gasteiger partial charge < -0.3 is 4.74 Å². The molecule has 0 N–H and O–H groups in total. The first-order valence-electron chi connectivity index (χ1n) is 3.83. The van der Waals surface area contributed by atoms with Crippen molar-refractivity contribution >= 4 is 21.7 Å². The Balaban J connectivity index is 0.000000310. The van der Waals surface area contributed by atoms with Crippen LogP contribution in [0.25, 0.3) is 0 Å². The lowest BCUT2D eigenvalue weighted by molar-refractivity contribution is 0.101. The molecule has 0 amide bonds. The van der Waals surface area contributed by atoms with Crippen molar-refractivity contribution in [2.75, 3.05) is 12.6 Å². The number of methoxy groups -OCH3 is 1. The highest BCUT2D eigenvalue weighted by atomic mass is 79.9. The van der Waals surface area contributed by atoms with E-state index < -0.39 is 0 Å². The number of Topliss-reactive ketones (excluding diaryl/α,β-unsaturated/α-hetero) is 1. The minimum atomic E-state index is 0.121. The Kier molecular flexibility index (Phi) is 7.54. The third-order valence-electron chi connectivity index (χ3n) is 1.29. The lowest BCUT2D eigenvalue weighted by atomic mass is 10.2. The maximum atomic E-state index is 10.6. The summed E-state index contributed by atoms with van der Waals surface area (Å²) in [5.74, 6) is 0.121. The molecule has 1 rings (SSSR count). The van der Waals surface area contributed by atoms with Crippen LogP contribution in [0.2, 0.25) is 0 Å². The van der Waals surface area contributed by atoms with E-state index in [1.807, 2.05) is 30.3 Å². The molecular weight excluding hydrogens is 232 g/mol. The number of alkyl halides is 1. The van der Waals surface area contributed by atoms with Crippen molar-refractivity contribution in [1.29, 1.82) is 0 Å². The summed E-state index contributed by atoms with van der Waals surface area (Å²) in [7, 11) is 1.63. The summed E-state index contributed by atoms with van der Waals surface area (Å²) in [4.78, 5) is 10.6. The largest absolute Gasteiger partial charge is 0.373 e. The normalized spacial score (nSPS) is 8.54. The summed E-state index contributed by atoms with van der Waals surface area (Å²) < 4.78 is 4.46. The Hall–Kier alpha value is -0.670. The molecule has 0 atom stereocenters. The number of benzene rings is 1. The van der Waals surface area contributed by atoms with E-state index in [9.17, 15) is 4.79 Å². The second-order valence-corrected chi connectivity index (χ2v) is 2.78. The van der Waals surface area contributed by atoms with E-state index in [1.165, 1.54) is 0 Å². The van der Waals surface area contributed by atoms with Gasteiger partial charge in [0.15, 0.2) is 5.78 Å². The number of carbonyl (C=O) groups excluding carboxylic acids is 1. The second kappa shape index (κ2) is 7.95. The monoisotopic (exact) mass is 244 g/mol. The van der Waals surface area contributed by atoms with Crippen LogP contribution in [0.5, 0.6) is 0 Å². The molecule has 0 unspecified atom stereocenters. The molecule has 0 radical (unpaired) electrons. The zero-order chi connectivity index (χ0) is 10.1. The molecule has 0 saturated heterocycles. The first kappa shape index (κ1) is 12.3. The topological polar surface area (TPSA) is 26.3 Å². The lowest BCUT2D eigenvalue weighted by Gasteiger charge is -1.89. The minimum Gasteiger partial charge on any atom is -0.373 e. The van der Waals surface area contributed by atoms with Crippen molar-refractivity contribution < 1.29 is 9.53 Å². The van der Waals surface area contributed by atoms with Gasteiger partial charge in [-0.2, -0.15) is 0 Å². The lowest BCUT2D eigenvalue weighted by Crippen LogP contribution is -1.88. The average Bonchev–Trinajstić information content (AvgIpc) is 2.19. The molecule has 13 heavy (non-hydrogen) atoms. The molecule has 72 valence electrons. The summed E-state index contributed by atoms with van der Waals surface area (Å²) in [5.41, 5.74) is 1.41. The van der Waals surface area contributed by atoms with Crippen LogP contribution in [0.1, 0.15) is 17.3 Å². The van der Waals surface area contributed by atoms with Crippen LogP contribution in [0, 0.1) is 0 Å². The van der Waals surface area contributed by atoms with Crippen molar-refractivity contribution in [3.63, 3.8) is 0 Å². The van der Waals surface area contributed by atoms with Gasteiger partial charge >= 0.3 is 0 Å². The predicted octanol–water partition coefficient (Wildman–Crippen LogP) is 2.87. The number of rotatable bonds is 2. The highest BCUT2D eigenvalue weighted by molar-refractivity contribution is 9.09. The van der Waals surface area contributed by atoms with E-state index in [1.54, 1.807) is 14.0 Å². The zero-order valence-electron chi connectivity index (χ0n) is 7.79. The molecular formula is C10H13BrO2. The van der Waals surface area contributed by atoms with Crippen LogP contribution in [0.4, 0.5) is 0 Å². The highest BCUT2D eigenvalue weighted by Gasteiger charge is 1.92. The molecule has 0 saturated carbocycles. The Morgan fingerprint density at radius 2 is 1.85 bits per heavy atom. The molecule has 1 aromatic rings. The van der Waals surface area contributed by atoms with E-state index in [0.717, 1.165) is 5.56 Å². The third-order valence-corrected chi connectivity index (χ3v) is 1.75. The molecule has 2 nitrogen and oxygen atoms in total. The number of hydrogen-bond donors (Lipinski definition) is 0. The van der Waals surface area contributed by atoms with Crippen LogP contribution in [-0.4, -0.2) is 18.4 Å². The van der Waals surface area contributed by atoms with Crippen molar-refractivity contribution in [2.45, 2.75) is 6.92 Å². The van der Waals surface area contributed by atoms with Crippen LogP contribution in [0.3, 0.4) is 0 Å². The summed E-state index contributed by atoms with van der Waals surface area (Å²) in [6.07, 6.45) is 0. The van der Waals surface area contributed by atoms with E-state index in [-0.39, 0.29) is 5.78 Å². The molecule has 0 fully saturated rings. The summed E-state index contributed by atoms with van der Waals surface area (Å²) in [6.45, 7) is 1.56. The smallest absolute Gasteiger partial charge is 0.159 e. The van der Waals surface area contributed by atoms with E-state index in [0.29, 0.717) is 5.52 Å². The Morgan fingerprint density at radius 3 is 2.08 bits per heavy atom. The van der Waals surface area contributed by atoms with Gasteiger partial charge in [-0.25, -0.2) is 0 Å². The van der Waals surface area contributed by atoms with Crippen LogP contribution in [0.15, 0.2) is 30.3 Å². The molecule has 0 aliphatic heterocycles. The van der Waals surface area contributed by atoms with E-state index in [2.05, 4.69) is 20.7 Å². The van der Waals surface area contributed by atoms with Gasteiger partial charge in [-0.15, -0.1) is 0 Å². The minimum absolute atomic E-state index is 0.121. The fraction of sp³-hybridized carbons (Fsp3) is 0.300. The van der Waals surface area contributed by atoms with Crippen molar-refractivity contribution in [3.05, 3.63) is 35.9 Å². The first-order valence-corrected chi connectivity index (χ1v) is 4.95. The molecule has 3 heteroatoms.